The Hall–Kier alpha value is -2.87. The number of aromatic nitrogens is 2. The summed E-state index contributed by atoms with van der Waals surface area (Å²) in [5.74, 6) is -1.34. The number of rotatable bonds is 7. The monoisotopic (exact) mass is 332 g/mol. The van der Waals surface area contributed by atoms with Gasteiger partial charge < -0.3 is 25.8 Å². The van der Waals surface area contributed by atoms with Gasteiger partial charge in [-0.25, -0.2) is 4.98 Å². The number of aliphatic hydroxyl groups is 1. The summed E-state index contributed by atoms with van der Waals surface area (Å²) in [6.45, 7) is 1.74. The second kappa shape index (κ2) is 8.11. The van der Waals surface area contributed by atoms with Crippen LogP contribution in [0, 0.1) is 0 Å². The normalized spacial score (nSPS) is 13.1. The van der Waals surface area contributed by atoms with E-state index in [1.165, 1.54) is 19.1 Å². The lowest BCUT2D eigenvalue weighted by molar-refractivity contribution is -0.125. The zero-order valence-corrected chi connectivity index (χ0v) is 13.2. The number of aliphatic hydroxyl groups excluding tert-OH is 1. The zero-order chi connectivity index (χ0) is 17.5. The lowest BCUT2D eigenvalue weighted by Gasteiger charge is -2.21. The second-order valence-electron chi connectivity index (χ2n) is 5.33. The molecule has 0 spiro atoms. The van der Waals surface area contributed by atoms with Crippen molar-refractivity contribution in [1.29, 1.82) is 0 Å². The number of imidazole rings is 1. The van der Waals surface area contributed by atoms with Crippen LogP contribution in [0.3, 0.4) is 0 Å². The molecule has 8 nitrogen and oxygen atoms in total. The summed E-state index contributed by atoms with van der Waals surface area (Å²) in [5, 5.41) is 24.5. The van der Waals surface area contributed by atoms with Gasteiger partial charge in [0.05, 0.1) is 18.0 Å². The van der Waals surface area contributed by atoms with Gasteiger partial charge in [-0.1, -0.05) is 12.1 Å². The van der Waals surface area contributed by atoms with E-state index in [1.807, 2.05) is 0 Å². The number of phenolic OH excluding ortho intramolecular Hbond substituents is 1. The Morgan fingerprint density at radius 3 is 2.71 bits per heavy atom. The number of carbonyl (C=O) groups excluding carboxylic acids is 2. The number of amides is 2. The Kier molecular flexibility index (Phi) is 5.91. The maximum absolute atomic E-state index is 12.2. The van der Waals surface area contributed by atoms with Crippen molar-refractivity contribution in [3.05, 3.63) is 48.0 Å². The van der Waals surface area contributed by atoms with Crippen LogP contribution >= 0.6 is 0 Å². The van der Waals surface area contributed by atoms with E-state index in [2.05, 4.69) is 20.6 Å². The Labute approximate surface area is 138 Å². The highest BCUT2D eigenvalue weighted by Gasteiger charge is 2.26. The number of aromatic amines is 1. The molecule has 0 unspecified atom stereocenters. The average Bonchev–Trinajstić information content (AvgIpc) is 3.05. The summed E-state index contributed by atoms with van der Waals surface area (Å²) in [6, 6.07) is 4.85. The fraction of sp³-hybridized carbons (Fsp3) is 0.312. The minimum atomic E-state index is -1.13. The van der Waals surface area contributed by atoms with Gasteiger partial charge in [0, 0.05) is 24.9 Å². The molecule has 2 atom stereocenters. The number of nitrogens with one attached hydrogen (secondary N) is 3. The van der Waals surface area contributed by atoms with Crippen molar-refractivity contribution in [2.75, 3.05) is 6.54 Å². The number of para-hydroxylation sites is 1. The second-order valence-corrected chi connectivity index (χ2v) is 5.33. The van der Waals surface area contributed by atoms with Crippen molar-refractivity contribution >= 4 is 11.8 Å². The molecule has 1 aromatic heterocycles. The maximum Gasteiger partial charge on any atom is 0.255 e. The van der Waals surface area contributed by atoms with Crippen LogP contribution in [0.1, 0.15) is 23.0 Å². The molecular formula is C16H20N4O4. The Balaban J connectivity index is 1.94. The van der Waals surface area contributed by atoms with Crippen LogP contribution in [0.2, 0.25) is 0 Å². The van der Waals surface area contributed by atoms with Crippen LogP contribution in [0.4, 0.5) is 0 Å². The first-order chi connectivity index (χ1) is 11.5. The predicted octanol–water partition coefficient (Wildman–Crippen LogP) is -0.0466. The first-order valence-corrected chi connectivity index (χ1v) is 7.51. The third-order valence-electron chi connectivity index (χ3n) is 3.45. The average molecular weight is 332 g/mol. The molecule has 8 heteroatoms. The van der Waals surface area contributed by atoms with Crippen LogP contribution in [0.5, 0.6) is 5.75 Å². The summed E-state index contributed by atoms with van der Waals surface area (Å²) in [7, 11) is 0. The van der Waals surface area contributed by atoms with E-state index in [-0.39, 0.29) is 11.3 Å². The van der Waals surface area contributed by atoms with Crippen molar-refractivity contribution in [2.24, 2.45) is 0 Å². The fourth-order valence-electron chi connectivity index (χ4n) is 2.14. The van der Waals surface area contributed by atoms with Crippen molar-refractivity contribution in [3.63, 3.8) is 0 Å². The molecule has 0 saturated heterocycles. The predicted molar refractivity (Wildman–Crippen MR) is 86.3 cm³/mol. The molecule has 0 bridgehead atoms. The van der Waals surface area contributed by atoms with E-state index in [0.717, 1.165) is 5.69 Å². The largest absolute Gasteiger partial charge is 0.507 e. The van der Waals surface area contributed by atoms with Gasteiger partial charge >= 0.3 is 0 Å². The van der Waals surface area contributed by atoms with Crippen LogP contribution in [-0.2, 0) is 11.2 Å². The van der Waals surface area contributed by atoms with Crippen molar-refractivity contribution in [2.45, 2.75) is 25.5 Å². The van der Waals surface area contributed by atoms with Gasteiger partial charge in [-0.05, 0) is 19.1 Å². The molecule has 0 fully saturated rings. The minimum Gasteiger partial charge on any atom is -0.507 e. The molecule has 2 amide bonds. The van der Waals surface area contributed by atoms with Crippen LogP contribution < -0.4 is 10.6 Å². The number of nitrogens with zero attached hydrogens (tertiary/aromatic N) is 1. The van der Waals surface area contributed by atoms with Gasteiger partial charge in [-0.2, -0.15) is 0 Å². The molecule has 0 saturated carbocycles. The van der Waals surface area contributed by atoms with E-state index in [9.17, 15) is 19.8 Å². The van der Waals surface area contributed by atoms with E-state index in [0.29, 0.717) is 13.0 Å². The van der Waals surface area contributed by atoms with Gasteiger partial charge in [0.25, 0.3) is 5.91 Å². The van der Waals surface area contributed by atoms with E-state index >= 15 is 0 Å². The molecule has 2 rings (SSSR count). The van der Waals surface area contributed by atoms with Crippen LogP contribution in [0.25, 0.3) is 0 Å². The number of phenols is 1. The lowest BCUT2D eigenvalue weighted by atomic mass is 10.1. The van der Waals surface area contributed by atoms with E-state index in [4.69, 9.17) is 0 Å². The van der Waals surface area contributed by atoms with Gasteiger partial charge in [0.2, 0.25) is 5.91 Å². The summed E-state index contributed by atoms with van der Waals surface area (Å²) >= 11 is 0. The highest BCUT2D eigenvalue weighted by atomic mass is 16.3. The fourth-order valence-corrected chi connectivity index (χ4v) is 2.14. The Morgan fingerprint density at radius 1 is 1.33 bits per heavy atom. The standard InChI is InChI=1S/C16H20N4O4/c1-10(21)14(16(24)18-7-6-11-8-17-9-19-11)20-15(23)12-4-2-3-5-13(12)22/h2-5,8-10,14,21-22H,6-7H2,1H3,(H,17,19)(H,18,24)(H,20,23)/t10-,14+/m1/s1. The van der Waals surface area contributed by atoms with Gasteiger partial charge in [-0.15, -0.1) is 0 Å². The smallest absolute Gasteiger partial charge is 0.255 e. The minimum absolute atomic E-state index is 0.0356. The number of carbonyl (C=O) groups is 2. The Bertz CT molecular complexity index is 685. The first-order valence-electron chi connectivity index (χ1n) is 7.51. The lowest BCUT2D eigenvalue weighted by Crippen LogP contribution is -2.52. The SMILES string of the molecule is C[C@@H](O)[C@H](NC(=O)c1ccccc1O)C(=O)NCCc1cnc[nH]1. The molecular weight excluding hydrogens is 312 g/mol. The number of benzene rings is 1. The Morgan fingerprint density at radius 2 is 2.08 bits per heavy atom. The number of aromatic hydroxyl groups is 1. The van der Waals surface area contributed by atoms with Gasteiger partial charge in [0.1, 0.15) is 11.8 Å². The molecule has 0 aliphatic carbocycles. The molecule has 1 heterocycles. The third kappa shape index (κ3) is 4.56. The highest BCUT2D eigenvalue weighted by molar-refractivity contribution is 5.99. The van der Waals surface area contributed by atoms with Crippen LogP contribution in [-0.4, -0.2) is 50.7 Å². The molecule has 24 heavy (non-hydrogen) atoms. The topological polar surface area (TPSA) is 127 Å². The molecule has 0 aliphatic rings. The molecule has 2 aromatic rings. The molecule has 128 valence electrons. The summed E-state index contributed by atoms with van der Waals surface area (Å²) in [6.07, 6.45) is 2.65. The summed E-state index contributed by atoms with van der Waals surface area (Å²) in [5.41, 5.74) is 0.899. The molecule has 0 aliphatic heterocycles. The van der Waals surface area contributed by atoms with Crippen LogP contribution in [0.15, 0.2) is 36.8 Å². The van der Waals surface area contributed by atoms with Crippen molar-refractivity contribution in [1.82, 2.24) is 20.6 Å². The zero-order valence-electron chi connectivity index (χ0n) is 13.2. The maximum atomic E-state index is 12.2. The number of H-pyrrole nitrogens is 1. The van der Waals surface area contributed by atoms with Gasteiger partial charge in [0.15, 0.2) is 0 Å². The van der Waals surface area contributed by atoms with Crippen molar-refractivity contribution in [3.8, 4) is 5.75 Å². The highest BCUT2D eigenvalue weighted by Crippen LogP contribution is 2.15. The van der Waals surface area contributed by atoms with Crippen molar-refractivity contribution < 1.29 is 19.8 Å². The molecule has 1 aromatic carbocycles. The molecule has 0 radical (unpaired) electrons. The van der Waals surface area contributed by atoms with E-state index in [1.54, 1.807) is 24.7 Å². The molecule has 5 N–H and O–H groups in total. The number of hydrogen-bond donors (Lipinski definition) is 5. The summed E-state index contributed by atoms with van der Waals surface area (Å²) < 4.78 is 0. The first kappa shape index (κ1) is 17.5. The van der Waals surface area contributed by atoms with E-state index < -0.39 is 24.0 Å². The quantitative estimate of drug-likeness (QED) is 0.486. The number of hydrogen-bond acceptors (Lipinski definition) is 5. The summed E-state index contributed by atoms with van der Waals surface area (Å²) in [4.78, 5) is 31.1. The van der Waals surface area contributed by atoms with Gasteiger partial charge in [-0.3, -0.25) is 9.59 Å². The third-order valence-corrected chi connectivity index (χ3v) is 3.45.